The van der Waals surface area contributed by atoms with Crippen LogP contribution in [0, 0.1) is 29.1 Å². The van der Waals surface area contributed by atoms with Crippen LogP contribution in [-0.2, 0) is 5.41 Å². The molecule has 4 fully saturated rings. The molecule has 0 saturated heterocycles. The van der Waals surface area contributed by atoms with Gasteiger partial charge in [-0.05, 0) is 113 Å². The largest absolute Gasteiger partial charge is 0.456 e. The molecule has 1 heterocycles. The zero-order valence-corrected chi connectivity index (χ0v) is 23.5. The van der Waals surface area contributed by atoms with E-state index in [9.17, 15) is 0 Å². The van der Waals surface area contributed by atoms with E-state index in [4.69, 9.17) is 4.42 Å². The lowest BCUT2D eigenvalue weighted by molar-refractivity contribution is -0.231. The second kappa shape index (κ2) is 7.36. The molecule has 5 aliphatic carbocycles. The first-order chi connectivity index (χ1) is 20.8. The topological polar surface area (TPSA) is 16.4 Å². The molecule has 2 nitrogen and oxygen atoms in total. The minimum absolute atomic E-state index is 0.119. The van der Waals surface area contributed by atoms with Gasteiger partial charge >= 0.3 is 0 Å². The Balaban J connectivity index is 1.24. The Bertz CT molecular complexity index is 2110. The van der Waals surface area contributed by atoms with E-state index in [-0.39, 0.29) is 5.41 Å². The number of para-hydroxylation sites is 2. The van der Waals surface area contributed by atoms with E-state index in [1.807, 2.05) is 0 Å². The summed E-state index contributed by atoms with van der Waals surface area (Å²) < 4.78 is 6.42. The van der Waals surface area contributed by atoms with Gasteiger partial charge in [0.25, 0.3) is 0 Å². The lowest BCUT2D eigenvalue weighted by Crippen LogP contribution is -2.73. The first kappa shape index (κ1) is 22.3. The van der Waals surface area contributed by atoms with Crippen molar-refractivity contribution >= 4 is 39.0 Å². The van der Waals surface area contributed by atoms with Crippen LogP contribution in [0.1, 0.15) is 36.8 Å². The fourth-order valence-corrected chi connectivity index (χ4v) is 11.5. The highest BCUT2D eigenvalue weighted by atomic mass is 16.3. The standard InChI is InChI=1S/C40H31NO/c1-2-10-26(11-3-1)41(31-16-9-19-34-37(31)29-13-5-7-18-33(29)42-34)32-17-8-14-28-27-12-4-6-15-30(27)40(38(28)32)35-21-24-20-25-22-36(40)39(25,35)23-24/h1-19,24-25,35-36H,20-23H2/t24?,25?,35?,36-,39?,40?/m1/s1. The molecule has 6 atom stereocenters. The van der Waals surface area contributed by atoms with Crippen LogP contribution in [0.25, 0.3) is 33.1 Å². The smallest absolute Gasteiger partial charge is 0.137 e. The number of hydrogen-bond acceptors (Lipinski definition) is 2. The van der Waals surface area contributed by atoms with Crippen molar-refractivity contribution in [3.63, 3.8) is 0 Å². The normalized spacial score (nSPS) is 30.7. The molecule has 0 radical (unpaired) electrons. The minimum Gasteiger partial charge on any atom is -0.456 e. The monoisotopic (exact) mass is 541 g/mol. The molecule has 0 N–H and O–H groups in total. The lowest BCUT2D eigenvalue weighted by atomic mass is 9.26. The van der Waals surface area contributed by atoms with Crippen molar-refractivity contribution in [2.75, 3.05) is 4.90 Å². The van der Waals surface area contributed by atoms with Crippen LogP contribution < -0.4 is 4.90 Å². The van der Waals surface area contributed by atoms with Crippen molar-refractivity contribution in [2.24, 2.45) is 29.1 Å². The quantitative estimate of drug-likeness (QED) is 0.222. The molecule has 5 unspecified atom stereocenters. The zero-order valence-electron chi connectivity index (χ0n) is 23.5. The van der Waals surface area contributed by atoms with Crippen LogP contribution in [0.4, 0.5) is 17.1 Å². The summed E-state index contributed by atoms with van der Waals surface area (Å²) in [7, 11) is 0. The van der Waals surface area contributed by atoms with Crippen molar-refractivity contribution < 1.29 is 4.42 Å². The van der Waals surface area contributed by atoms with Crippen molar-refractivity contribution in [3.05, 3.63) is 126 Å². The van der Waals surface area contributed by atoms with E-state index in [0.29, 0.717) is 5.41 Å². The van der Waals surface area contributed by atoms with Crippen LogP contribution in [-0.4, -0.2) is 0 Å². The Morgan fingerprint density at radius 2 is 1.36 bits per heavy atom. The number of rotatable bonds is 3. The SMILES string of the molecule is c1ccc(N(c2cccc3c2C2(c4ccccc4-3)C3CC4CC5C[C@@H]2C53C4)c2cccc3oc4ccccc4c23)cc1. The summed E-state index contributed by atoms with van der Waals surface area (Å²) in [6.07, 6.45) is 5.78. The van der Waals surface area contributed by atoms with Crippen LogP contribution >= 0.6 is 0 Å². The zero-order chi connectivity index (χ0) is 27.2. The summed E-state index contributed by atoms with van der Waals surface area (Å²) in [6.45, 7) is 0. The molecule has 202 valence electrons. The van der Waals surface area contributed by atoms with E-state index in [1.165, 1.54) is 64.6 Å². The Kier molecular flexibility index (Phi) is 3.91. The average molecular weight is 542 g/mol. The second-order valence-corrected chi connectivity index (χ2v) is 13.7. The van der Waals surface area contributed by atoms with E-state index < -0.39 is 0 Å². The van der Waals surface area contributed by atoms with E-state index in [1.54, 1.807) is 11.1 Å². The molecule has 6 aromatic rings. The van der Waals surface area contributed by atoms with Gasteiger partial charge in [0.2, 0.25) is 0 Å². The maximum Gasteiger partial charge on any atom is 0.137 e. The fourth-order valence-electron chi connectivity index (χ4n) is 11.5. The number of nitrogens with zero attached hydrogens (tertiary/aromatic N) is 1. The summed E-state index contributed by atoms with van der Waals surface area (Å²) in [5.74, 6) is 3.43. The minimum atomic E-state index is 0.119. The van der Waals surface area contributed by atoms with Crippen molar-refractivity contribution in [2.45, 2.75) is 31.1 Å². The summed E-state index contributed by atoms with van der Waals surface area (Å²) in [5, 5.41) is 2.36. The average Bonchev–Trinajstić information content (AvgIpc) is 3.76. The molecule has 2 spiro atoms. The molecule has 0 amide bonds. The van der Waals surface area contributed by atoms with Crippen LogP contribution in [0.3, 0.4) is 0 Å². The number of hydrogen-bond donors (Lipinski definition) is 0. The van der Waals surface area contributed by atoms with E-state index >= 15 is 0 Å². The van der Waals surface area contributed by atoms with Gasteiger partial charge in [-0.2, -0.15) is 0 Å². The Hall–Kier alpha value is -4.30. The third kappa shape index (κ3) is 2.30. The lowest BCUT2D eigenvalue weighted by Gasteiger charge is -2.76. The molecule has 4 saturated carbocycles. The summed E-state index contributed by atoms with van der Waals surface area (Å²) in [6, 6.07) is 42.7. The summed E-state index contributed by atoms with van der Waals surface area (Å²) in [5.41, 5.74) is 12.5. The van der Waals surface area contributed by atoms with Gasteiger partial charge in [-0.15, -0.1) is 0 Å². The second-order valence-electron chi connectivity index (χ2n) is 13.7. The first-order valence-electron chi connectivity index (χ1n) is 15.8. The van der Waals surface area contributed by atoms with Gasteiger partial charge in [0, 0.05) is 16.5 Å². The molecule has 5 aromatic carbocycles. The molecule has 1 aromatic heterocycles. The number of furan rings is 1. The molecule has 42 heavy (non-hydrogen) atoms. The van der Waals surface area contributed by atoms with Gasteiger partial charge in [-0.25, -0.2) is 0 Å². The Morgan fingerprint density at radius 3 is 2.29 bits per heavy atom. The Morgan fingerprint density at radius 1 is 0.619 bits per heavy atom. The molecule has 2 heteroatoms. The van der Waals surface area contributed by atoms with Gasteiger partial charge in [0.15, 0.2) is 0 Å². The highest BCUT2D eigenvalue weighted by Crippen LogP contribution is 2.90. The first-order valence-corrected chi connectivity index (χ1v) is 15.8. The highest BCUT2D eigenvalue weighted by molar-refractivity contribution is 6.13. The maximum absolute atomic E-state index is 6.42. The van der Waals surface area contributed by atoms with Gasteiger partial charge in [0.1, 0.15) is 11.2 Å². The molecule has 0 aliphatic heterocycles. The van der Waals surface area contributed by atoms with Gasteiger partial charge in [-0.3, -0.25) is 0 Å². The van der Waals surface area contributed by atoms with Gasteiger partial charge in [-0.1, -0.05) is 78.9 Å². The van der Waals surface area contributed by atoms with Crippen molar-refractivity contribution in [1.29, 1.82) is 0 Å². The summed E-state index contributed by atoms with van der Waals surface area (Å²) >= 11 is 0. The Labute approximate surface area is 245 Å². The maximum atomic E-state index is 6.42. The molecular weight excluding hydrogens is 510 g/mol. The third-order valence-electron chi connectivity index (χ3n) is 12.5. The summed E-state index contributed by atoms with van der Waals surface area (Å²) in [4.78, 5) is 2.56. The molecular formula is C40H31NO. The highest BCUT2D eigenvalue weighted by Gasteiger charge is 2.84. The number of benzene rings is 5. The van der Waals surface area contributed by atoms with Crippen LogP contribution in [0.15, 0.2) is 120 Å². The molecule has 2 bridgehead atoms. The van der Waals surface area contributed by atoms with E-state index in [2.05, 4.69) is 120 Å². The van der Waals surface area contributed by atoms with Crippen molar-refractivity contribution in [1.82, 2.24) is 0 Å². The predicted molar refractivity (Wildman–Crippen MR) is 169 cm³/mol. The number of anilines is 3. The predicted octanol–water partition coefficient (Wildman–Crippen LogP) is 10.4. The van der Waals surface area contributed by atoms with E-state index in [0.717, 1.165) is 34.8 Å². The molecule has 11 rings (SSSR count). The third-order valence-corrected chi connectivity index (χ3v) is 12.5. The fraction of sp³-hybridized carbons (Fsp3) is 0.250. The van der Waals surface area contributed by atoms with Gasteiger partial charge < -0.3 is 9.32 Å². The van der Waals surface area contributed by atoms with Crippen LogP contribution in [0.2, 0.25) is 0 Å². The van der Waals surface area contributed by atoms with Gasteiger partial charge in [0.05, 0.1) is 16.8 Å². The van der Waals surface area contributed by atoms with Crippen LogP contribution in [0.5, 0.6) is 0 Å². The van der Waals surface area contributed by atoms with Crippen molar-refractivity contribution in [3.8, 4) is 11.1 Å². The number of fused-ring (bicyclic) bond motifs is 11. The molecule has 5 aliphatic rings.